The first-order valence-electron chi connectivity index (χ1n) is 13.9. The molecule has 20 heteroatoms. The van der Waals surface area contributed by atoms with Crippen molar-refractivity contribution in [1.82, 2.24) is 21.3 Å². The predicted molar refractivity (Wildman–Crippen MR) is 164 cm³/mol. The zero-order chi connectivity index (χ0) is 33.8. The van der Waals surface area contributed by atoms with E-state index in [1.54, 1.807) is 0 Å². The van der Waals surface area contributed by atoms with Crippen molar-refractivity contribution >= 4 is 47.5 Å². The van der Waals surface area contributed by atoms with Gasteiger partial charge in [-0.15, -0.1) is 0 Å². The lowest BCUT2D eigenvalue weighted by molar-refractivity contribution is -0.141. The summed E-state index contributed by atoms with van der Waals surface area (Å²) in [5.41, 5.74) is 38.0. The van der Waals surface area contributed by atoms with Crippen LogP contribution < -0.4 is 61.4 Å². The van der Waals surface area contributed by atoms with Crippen molar-refractivity contribution in [1.29, 1.82) is 0 Å². The highest BCUT2D eigenvalue weighted by Crippen LogP contribution is 2.06. The highest BCUT2D eigenvalue weighted by atomic mass is 16.4. The zero-order valence-electron chi connectivity index (χ0n) is 25.1. The molecular weight excluding hydrogens is 580 g/mol. The maximum Gasteiger partial charge on any atom is 0.325 e. The van der Waals surface area contributed by atoms with E-state index in [4.69, 9.17) is 45.2 Å². The topological polar surface area (TPSA) is 373 Å². The third-order valence-electron chi connectivity index (χ3n) is 5.94. The number of guanidine groups is 3. The molecule has 0 radical (unpaired) electrons. The van der Waals surface area contributed by atoms with E-state index in [1.165, 1.54) is 13.8 Å². The van der Waals surface area contributed by atoms with Crippen LogP contribution in [0.3, 0.4) is 0 Å². The molecule has 0 rings (SSSR count). The van der Waals surface area contributed by atoms with E-state index < -0.39 is 59.8 Å². The summed E-state index contributed by atoms with van der Waals surface area (Å²) < 4.78 is 0. The number of carboxylic acid groups (broad SMARTS) is 1. The van der Waals surface area contributed by atoms with Gasteiger partial charge in [-0.25, -0.2) is 0 Å². The number of carbonyl (C=O) groups excluding carboxylic acids is 4. The molecule has 44 heavy (non-hydrogen) atoms. The highest BCUT2D eigenvalue weighted by molar-refractivity contribution is 5.95. The number of nitrogens with zero attached hydrogens (tertiary/aromatic N) is 3. The minimum atomic E-state index is -1.26. The minimum absolute atomic E-state index is 0.0488. The zero-order valence-corrected chi connectivity index (χ0v) is 25.1. The predicted octanol–water partition coefficient (Wildman–Crippen LogP) is -5.46. The molecule has 0 aromatic rings. The Balaban J connectivity index is 5.73. The lowest BCUT2D eigenvalue weighted by Crippen LogP contribution is -2.57. The van der Waals surface area contributed by atoms with Gasteiger partial charge in [0.05, 0.1) is 6.04 Å². The maximum absolute atomic E-state index is 13.4. The number of rotatable bonds is 21. The Labute approximate surface area is 255 Å². The fourth-order valence-electron chi connectivity index (χ4n) is 3.53. The Bertz CT molecular complexity index is 1050. The average Bonchev–Trinajstić information content (AvgIpc) is 2.93. The number of nitrogens with two attached hydrogens (primary N) is 7. The second-order valence-electron chi connectivity index (χ2n) is 9.87. The molecule has 0 saturated heterocycles. The number of nitrogens with one attached hydrogen (secondary N) is 4. The highest BCUT2D eigenvalue weighted by Gasteiger charge is 2.29. The van der Waals surface area contributed by atoms with Gasteiger partial charge in [-0.2, -0.15) is 0 Å². The molecule has 0 aromatic carbocycles. The van der Waals surface area contributed by atoms with Crippen molar-refractivity contribution in [2.45, 2.75) is 82.6 Å². The van der Waals surface area contributed by atoms with Gasteiger partial charge in [0.2, 0.25) is 23.6 Å². The summed E-state index contributed by atoms with van der Waals surface area (Å²) in [5, 5.41) is 18.9. The van der Waals surface area contributed by atoms with Crippen molar-refractivity contribution < 1.29 is 29.1 Å². The molecule has 0 aromatic heterocycles. The first-order chi connectivity index (χ1) is 20.5. The van der Waals surface area contributed by atoms with E-state index in [0.717, 1.165) is 0 Å². The Kier molecular flexibility index (Phi) is 18.6. The average molecular weight is 629 g/mol. The number of hydrogen-bond acceptors (Lipinski definition) is 9. The molecule has 0 aliphatic rings. The Morgan fingerprint density at radius 2 is 0.932 bits per heavy atom. The smallest absolute Gasteiger partial charge is 0.325 e. The monoisotopic (exact) mass is 628 g/mol. The van der Waals surface area contributed by atoms with Crippen LogP contribution >= 0.6 is 0 Å². The number of hydrogen-bond donors (Lipinski definition) is 12. The molecule has 0 fully saturated rings. The summed E-state index contributed by atoms with van der Waals surface area (Å²) in [5.74, 6) is -4.49. The van der Waals surface area contributed by atoms with Crippen LogP contribution in [0.2, 0.25) is 0 Å². The molecule has 5 atom stereocenters. The van der Waals surface area contributed by atoms with Gasteiger partial charge < -0.3 is 66.5 Å². The largest absolute Gasteiger partial charge is 0.480 e. The fraction of sp³-hybridized carbons (Fsp3) is 0.667. The van der Waals surface area contributed by atoms with Crippen LogP contribution in [0.4, 0.5) is 0 Å². The molecule has 5 unspecified atom stereocenters. The number of amides is 4. The summed E-state index contributed by atoms with van der Waals surface area (Å²) in [7, 11) is 0. The van der Waals surface area contributed by atoms with Crippen LogP contribution in [-0.4, -0.2) is 102 Å². The second-order valence-corrected chi connectivity index (χ2v) is 9.87. The quantitative estimate of drug-likeness (QED) is 0.0321. The molecule has 0 spiro atoms. The normalized spacial score (nSPS) is 13.9. The number of carboxylic acids is 1. The standard InChI is InChI=1S/C24H48N14O6/c1-12(17(39)36-13(2)21(43)44)35-19(41)15(7-4-10-33-23(28)29)38-20(42)16(8-5-11-34-24(30)31)37-18(40)14(25)6-3-9-32-22(26)27/h12-16H,3-11,25H2,1-2H3,(H,35,41)(H,36,39)(H,37,40)(H,38,42)(H,43,44)(H4,26,27,32)(H4,28,29,33)(H4,30,31,34). The third kappa shape index (κ3) is 17.8. The van der Waals surface area contributed by atoms with Gasteiger partial charge in [0.15, 0.2) is 17.9 Å². The van der Waals surface area contributed by atoms with E-state index in [9.17, 15) is 24.0 Å². The third-order valence-corrected chi connectivity index (χ3v) is 5.94. The van der Waals surface area contributed by atoms with E-state index >= 15 is 0 Å². The van der Waals surface area contributed by atoms with Gasteiger partial charge in [0, 0.05) is 19.6 Å². The van der Waals surface area contributed by atoms with Crippen molar-refractivity contribution in [3.05, 3.63) is 0 Å². The molecular formula is C24H48N14O6. The molecule has 0 bridgehead atoms. The van der Waals surface area contributed by atoms with Crippen LogP contribution in [0, 0.1) is 0 Å². The van der Waals surface area contributed by atoms with Gasteiger partial charge in [0.25, 0.3) is 0 Å². The molecule has 20 nitrogen and oxygen atoms in total. The number of aliphatic carboxylic acids is 1. The van der Waals surface area contributed by atoms with Gasteiger partial charge >= 0.3 is 5.97 Å². The second kappa shape index (κ2) is 20.9. The van der Waals surface area contributed by atoms with E-state index in [-0.39, 0.29) is 69.6 Å². The lowest BCUT2D eigenvalue weighted by Gasteiger charge is -2.25. The van der Waals surface area contributed by atoms with Crippen molar-refractivity contribution in [3.8, 4) is 0 Å². The van der Waals surface area contributed by atoms with Crippen LogP contribution in [-0.2, 0) is 24.0 Å². The molecule has 19 N–H and O–H groups in total. The van der Waals surface area contributed by atoms with Crippen LogP contribution in [0.25, 0.3) is 0 Å². The number of aliphatic imine (C=N–C) groups is 3. The molecule has 0 saturated carbocycles. The molecule has 250 valence electrons. The lowest BCUT2D eigenvalue weighted by atomic mass is 10.1. The summed E-state index contributed by atoms with van der Waals surface area (Å²) in [4.78, 5) is 74.3. The van der Waals surface area contributed by atoms with E-state index in [1.807, 2.05) is 0 Å². The molecule has 0 aliphatic carbocycles. The summed E-state index contributed by atoms with van der Waals surface area (Å²) >= 11 is 0. The Morgan fingerprint density at radius 1 is 0.568 bits per heavy atom. The Hall–Kier alpha value is -4.88. The van der Waals surface area contributed by atoms with Crippen LogP contribution in [0.15, 0.2) is 15.0 Å². The van der Waals surface area contributed by atoms with Gasteiger partial charge in [-0.05, 0) is 52.4 Å². The SMILES string of the molecule is CC(NC(=O)C(C)NC(=O)C(CCCN=C(N)N)NC(=O)C(CCCN=C(N)N)NC(=O)C(N)CCCN=C(N)N)C(=O)O. The maximum atomic E-state index is 13.4. The fourth-order valence-corrected chi connectivity index (χ4v) is 3.53. The van der Waals surface area contributed by atoms with Crippen molar-refractivity contribution in [2.75, 3.05) is 19.6 Å². The van der Waals surface area contributed by atoms with E-state index in [2.05, 4.69) is 36.2 Å². The Morgan fingerprint density at radius 3 is 1.34 bits per heavy atom. The summed E-state index contributed by atoms with van der Waals surface area (Å²) in [6, 6.07) is -5.64. The number of carbonyl (C=O) groups is 5. The molecule has 4 amide bonds. The van der Waals surface area contributed by atoms with Gasteiger partial charge in [-0.1, -0.05) is 0 Å². The van der Waals surface area contributed by atoms with Crippen molar-refractivity contribution in [2.24, 2.45) is 55.1 Å². The molecule has 0 heterocycles. The first-order valence-corrected chi connectivity index (χ1v) is 13.9. The van der Waals surface area contributed by atoms with E-state index in [0.29, 0.717) is 6.42 Å². The first kappa shape index (κ1) is 39.1. The van der Waals surface area contributed by atoms with Crippen LogP contribution in [0.1, 0.15) is 52.4 Å². The molecule has 0 aliphatic heterocycles. The summed E-state index contributed by atoms with van der Waals surface area (Å²) in [6.07, 6.45) is 1.31. The van der Waals surface area contributed by atoms with Crippen molar-refractivity contribution in [3.63, 3.8) is 0 Å². The van der Waals surface area contributed by atoms with Gasteiger partial charge in [0.1, 0.15) is 24.2 Å². The van der Waals surface area contributed by atoms with Crippen LogP contribution in [0.5, 0.6) is 0 Å². The summed E-state index contributed by atoms with van der Waals surface area (Å²) in [6.45, 7) is 3.17. The minimum Gasteiger partial charge on any atom is -0.480 e. The van der Waals surface area contributed by atoms with Gasteiger partial charge in [-0.3, -0.25) is 38.9 Å².